The molecule has 0 saturated carbocycles. The van der Waals surface area contributed by atoms with Gasteiger partial charge in [0.25, 0.3) is 5.89 Å². The second-order valence-corrected chi connectivity index (χ2v) is 6.82. The van der Waals surface area contributed by atoms with Gasteiger partial charge in [0.2, 0.25) is 5.82 Å². The van der Waals surface area contributed by atoms with E-state index in [9.17, 15) is 0 Å². The fraction of sp³-hybridized carbons (Fsp3) is 0.368. The number of aromatic nitrogens is 5. The minimum atomic E-state index is 0.361. The monoisotopic (exact) mass is 364 g/mol. The van der Waals surface area contributed by atoms with Crippen LogP contribution in [0.15, 0.2) is 45.5 Å². The van der Waals surface area contributed by atoms with Crippen molar-refractivity contribution in [1.82, 2.24) is 30.0 Å². The summed E-state index contributed by atoms with van der Waals surface area (Å²) in [5, 5.41) is 12.7. The molecule has 27 heavy (non-hydrogen) atoms. The summed E-state index contributed by atoms with van der Waals surface area (Å²) < 4.78 is 12.5. The van der Waals surface area contributed by atoms with E-state index in [2.05, 4.69) is 25.4 Å². The van der Waals surface area contributed by atoms with Gasteiger partial charge in [-0.15, -0.1) is 5.10 Å². The normalized spacial score (nSPS) is 15.6. The van der Waals surface area contributed by atoms with Gasteiger partial charge in [-0.05, 0) is 56.3 Å². The molecule has 8 nitrogen and oxygen atoms in total. The summed E-state index contributed by atoms with van der Waals surface area (Å²) in [6.07, 6.45) is 5.52. The minimum absolute atomic E-state index is 0.361. The number of nitrogens with zero attached hydrogens (tertiary/aromatic N) is 6. The van der Waals surface area contributed by atoms with E-state index in [1.807, 2.05) is 22.9 Å². The van der Waals surface area contributed by atoms with Gasteiger partial charge in [0.05, 0.1) is 18.3 Å². The Morgan fingerprint density at radius 3 is 2.81 bits per heavy atom. The van der Waals surface area contributed by atoms with Crippen molar-refractivity contribution in [2.75, 3.05) is 19.6 Å². The largest absolute Gasteiger partial charge is 0.459 e. The Labute approximate surface area is 155 Å². The van der Waals surface area contributed by atoms with E-state index in [4.69, 9.17) is 8.94 Å². The van der Waals surface area contributed by atoms with E-state index < -0.39 is 0 Å². The fourth-order valence-electron chi connectivity index (χ4n) is 3.54. The summed E-state index contributed by atoms with van der Waals surface area (Å²) in [6, 6.07) is 9.50. The summed E-state index contributed by atoms with van der Waals surface area (Å²) in [4.78, 5) is 6.90. The maximum atomic E-state index is 5.29. The van der Waals surface area contributed by atoms with E-state index in [-0.39, 0.29) is 0 Å². The van der Waals surface area contributed by atoms with Crippen LogP contribution in [0.1, 0.15) is 19.3 Å². The topological polar surface area (TPSA) is 86.0 Å². The van der Waals surface area contributed by atoms with Gasteiger partial charge in [0.1, 0.15) is 5.52 Å². The van der Waals surface area contributed by atoms with Crippen molar-refractivity contribution in [3.05, 3.63) is 36.6 Å². The van der Waals surface area contributed by atoms with Crippen LogP contribution in [0.4, 0.5) is 0 Å². The van der Waals surface area contributed by atoms with Crippen molar-refractivity contribution in [1.29, 1.82) is 0 Å². The Hall–Kier alpha value is -3.00. The summed E-state index contributed by atoms with van der Waals surface area (Å²) in [5.41, 5.74) is 2.69. The van der Waals surface area contributed by atoms with Crippen molar-refractivity contribution in [3.8, 4) is 23.0 Å². The van der Waals surface area contributed by atoms with Crippen molar-refractivity contribution in [2.24, 2.45) is 0 Å². The third-order valence-electron chi connectivity index (χ3n) is 5.01. The zero-order valence-electron chi connectivity index (χ0n) is 14.9. The number of piperidine rings is 1. The first-order chi connectivity index (χ1) is 13.4. The minimum Gasteiger partial charge on any atom is -0.459 e. The fourth-order valence-corrected chi connectivity index (χ4v) is 3.54. The molecule has 4 aromatic rings. The summed E-state index contributed by atoms with van der Waals surface area (Å²) in [5.74, 6) is 1.42. The Bertz CT molecular complexity index is 1030. The summed E-state index contributed by atoms with van der Waals surface area (Å²) in [6.45, 7) is 4.23. The van der Waals surface area contributed by atoms with Crippen molar-refractivity contribution in [2.45, 2.75) is 25.8 Å². The van der Waals surface area contributed by atoms with Crippen LogP contribution < -0.4 is 0 Å². The summed E-state index contributed by atoms with van der Waals surface area (Å²) in [7, 11) is 0. The molecule has 5 rings (SSSR count). The average Bonchev–Trinajstić information content (AvgIpc) is 3.47. The van der Waals surface area contributed by atoms with Crippen LogP contribution in [0, 0.1) is 0 Å². The highest BCUT2D eigenvalue weighted by atomic mass is 16.5. The van der Waals surface area contributed by atoms with Crippen LogP contribution in [0.25, 0.3) is 34.1 Å². The molecule has 1 aromatic carbocycles. The first-order valence-electron chi connectivity index (χ1n) is 9.30. The molecule has 8 heteroatoms. The molecule has 0 radical (unpaired) electrons. The Morgan fingerprint density at radius 2 is 1.96 bits per heavy atom. The highest BCUT2D eigenvalue weighted by molar-refractivity contribution is 5.80. The molecule has 3 aromatic heterocycles. The quantitative estimate of drug-likeness (QED) is 0.537. The lowest BCUT2D eigenvalue weighted by atomic mass is 10.1. The van der Waals surface area contributed by atoms with E-state index >= 15 is 0 Å². The molecule has 0 atom stereocenters. The van der Waals surface area contributed by atoms with Gasteiger partial charge in [-0.25, -0.2) is 4.68 Å². The van der Waals surface area contributed by atoms with Crippen molar-refractivity contribution < 1.29 is 8.94 Å². The van der Waals surface area contributed by atoms with Gasteiger partial charge in [0.15, 0.2) is 5.76 Å². The molecule has 1 aliphatic heterocycles. The molecule has 1 saturated heterocycles. The molecular weight excluding hydrogens is 344 g/mol. The second kappa shape index (κ2) is 6.96. The predicted molar refractivity (Wildman–Crippen MR) is 98.8 cm³/mol. The van der Waals surface area contributed by atoms with Crippen molar-refractivity contribution in [3.63, 3.8) is 0 Å². The maximum Gasteiger partial charge on any atom is 0.293 e. The lowest BCUT2D eigenvalue weighted by Gasteiger charge is -2.26. The Balaban J connectivity index is 1.35. The summed E-state index contributed by atoms with van der Waals surface area (Å²) >= 11 is 0. The molecule has 0 N–H and O–H groups in total. The number of benzene rings is 1. The van der Waals surface area contributed by atoms with E-state index in [0.29, 0.717) is 17.5 Å². The highest BCUT2D eigenvalue weighted by Crippen LogP contribution is 2.24. The van der Waals surface area contributed by atoms with Gasteiger partial charge in [-0.2, -0.15) is 4.98 Å². The lowest BCUT2D eigenvalue weighted by Crippen LogP contribution is -2.32. The molecule has 0 unspecified atom stereocenters. The van der Waals surface area contributed by atoms with Crippen LogP contribution in [0.3, 0.4) is 0 Å². The molecule has 138 valence electrons. The molecule has 0 bridgehead atoms. The molecule has 0 aliphatic carbocycles. The van der Waals surface area contributed by atoms with Gasteiger partial charge in [0, 0.05) is 12.1 Å². The van der Waals surface area contributed by atoms with Gasteiger partial charge in [-0.3, -0.25) is 0 Å². The molecular formula is C19H20N6O2. The van der Waals surface area contributed by atoms with Crippen LogP contribution in [0.5, 0.6) is 0 Å². The Kier molecular flexibility index (Phi) is 4.17. The Morgan fingerprint density at radius 1 is 1.04 bits per heavy atom. The van der Waals surface area contributed by atoms with Gasteiger partial charge < -0.3 is 13.8 Å². The number of hydrogen-bond acceptors (Lipinski definition) is 7. The first-order valence-corrected chi connectivity index (χ1v) is 9.30. The van der Waals surface area contributed by atoms with Crippen LogP contribution in [-0.2, 0) is 6.54 Å². The SMILES string of the molecule is c1coc(-c2nc(-c3ccc4c(c3)nnn4CCN3CCCCC3)no2)c1. The number of furan rings is 1. The van der Waals surface area contributed by atoms with E-state index in [1.54, 1.807) is 18.4 Å². The first kappa shape index (κ1) is 16.2. The standard InChI is InChI=1S/C19H20N6O2/c1-2-8-24(9-3-1)10-11-25-16-7-6-14(13-15(16)21-23-25)18-20-19(27-22-18)17-5-4-12-26-17/h4-7,12-13H,1-3,8-11H2. The average molecular weight is 364 g/mol. The third-order valence-corrected chi connectivity index (χ3v) is 5.01. The van der Waals surface area contributed by atoms with E-state index in [1.165, 1.54) is 32.4 Å². The molecule has 4 heterocycles. The molecule has 1 aliphatic rings. The molecule has 0 amide bonds. The van der Waals surface area contributed by atoms with E-state index in [0.717, 1.165) is 29.7 Å². The molecule has 0 spiro atoms. The number of likely N-dealkylation sites (tertiary alicyclic amines) is 1. The zero-order valence-corrected chi connectivity index (χ0v) is 14.9. The zero-order chi connectivity index (χ0) is 18.1. The van der Waals surface area contributed by atoms with Crippen LogP contribution in [-0.4, -0.2) is 49.7 Å². The van der Waals surface area contributed by atoms with Crippen molar-refractivity contribution >= 4 is 11.0 Å². The number of rotatable bonds is 5. The van der Waals surface area contributed by atoms with Crippen LogP contribution in [0.2, 0.25) is 0 Å². The van der Waals surface area contributed by atoms with Gasteiger partial charge >= 0.3 is 0 Å². The molecule has 1 fully saturated rings. The smallest absolute Gasteiger partial charge is 0.293 e. The lowest BCUT2D eigenvalue weighted by molar-refractivity contribution is 0.218. The van der Waals surface area contributed by atoms with Gasteiger partial charge in [-0.1, -0.05) is 16.8 Å². The number of fused-ring (bicyclic) bond motifs is 1. The highest BCUT2D eigenvalue weighted by Gasteiger charge is 2.15. The van der Waals surface area contributed by atoms with Crippen LogP contribution >= 0.6 is 0 Å². The predicted octanol–water partition coefficient (Wildman–Crippen LogP) is 3.23. The third kappa shape index (κ3) is 3.23. The second-order valence-electron chi connectivity index (χ2n) is 6.82. The number of hydrogen-bond donors (Lipinski definition) is 0. The maximum absolute atomic E-state index is 5.29.